The molecule has 0 atom stereocenters. The second-order valence-corrected chi connectivity index (χ2v) is 7.06. The molecule has 28 heavy (non-hydrogen) atoms. The van der Waals surface area contributed by atoms with Crippen molar-refractivity contribution in [1.82, 2.24) is 20.2 Å². The van der Waals surface area contributed by atoms with Crippen LogP contribution in [0.2, 0.25) is 0 Å². The standard InChI is InChI=1S/C21H19FN6/c1-12-6-20(22)25-10-17(12)15-7-16-11-28(5-4-18(16)24-9-15)21-14(3)13(2)19(8-23)26-27-21/h6-7,9-10H,4-5,11H2,1-3H3. The van der Waals surface area contributed by atoms with Gasteiger partial charge in [-0.05, 0) is 55.2 Å². The third kappa shape index (κ3) is 3.07. The second-order valence-electron chi connectivity index (χ2n) is 7.06. The van der Waals surface area contributed by atoms with E-state index in [4.69, 9.17) is 5.26 Å². The lowest BCUT2D eigenvalue weighted by molar-refractivity contribution is 0.583. The van der Waals surface area contributed by atoms with Crippen LogP contribution in [0.4, 0.5) is 10.2 Å². The third-order valence-corrected chi connectivity index (χ3v) is 5.33. The fourth-order valence-corrected chi connectivity index (χ4v) is 3.58. The molecule has 7 heteroatoms. The topological polar surface area (TPSA) is 78.6 Å². The van der Waals surface area contributed by atoms with Crippen molar-refractivity contribution < 1.29 is 4.39 Å². The Hall–Kier alpha value is -3.40. The van der Waals surface area contributed by atoms with Gasteiger partial charge in [-0.3, -0.25) is 4.98 Å². The largest absolute Gasteiger partial charge is 0.350 e. The molecule has 0 unspecified atom stereocenters. The molecule has 0 saturated heterocycles. The highest BCUT2D eigenvalue weighted by Gasteiger charge is 2.22. The van der Waals surface area contributed by atoms with E-state index in [1.54, 1.807) is 6.20 Å². The monoisotopic (exact) mass is 374 g/mol. The Morgan fingerprint density at radius 1 is 1.07 bits per heavy atom. The van der Waals surface area contributed by atoms with Crippen LogP contribution in [0.5, 0.6) is 0 Å². The van der Waals surface area contributed by atoms with Crippen LogP contribution in [0.25, 0.3) is 11.1 Å². The minimum Gasteiger partial charge on any atom is -0.350 e. The lowest BCUT2D eigenvalue weighted by atomic mass is 9.98. The number of hydrogen-bond acceptors (Lipinski definition) is 6. The van der Waals surface area contributed by atoms with Gasteiger partial charge in [-0.15, -0.1) is 10.2 Å². The van der Waals surface area contributed by atoms with E-state index in [2.05, 4.69) is 37.2 Å². The maximum atomic E-state index is 13.3. The average molecular weight is 374 g/mol. The Morgan fingerprint density at radius 2 is 1.89 bits per heavy atom. The van der Waals surface area contributed by atoms with Gasteiger partial charge in [-0.2, -0.15) is 9.65 Å². The first-order chi connectivity index (χ1) is 13.5. The predicted molar refractivity (Wildman–Crippen MR) is 103 cm³/mol. The lowest BCUT2D eigenvalue weighted by Crippen LogP contribution is -2.32. The Bertz CT molecular complexity index is 1120. The number of aromatic nitrogens is 4. The first-order valence-electron chi connectivity index (χ1n) is 9.07. The summed E-state index contributed by atoms with van der Waals surface area (Å²) in [7, 11) is 0. The van der Waals surface area contributed by atoms with E-state index in [0.29, 0.717) is 12.2 Å². The van der Waals surface area contributed by atoms with E-state index in [1.807, 2.05) is 27.0 Å². The SMILES string of the molecule is Cc1cc(F)ncc1-c1cnc2c(c1)CN(c1nnc(C#N)c(C)c1C)CC2. The van der Waals surface area contributed by atoms with Crippen molar-refractivity contribution in [2.45, 2.75) is 33.7 Å². The molecule has 3 aromatic heterocycles. The van der Waals surface area contributed by atoms with Crippen LogP contribution in [0.15, 0.2) is 24.5 Å². The number of nitriles is 1. The number of halogens is 1. The van der Waals surface area contributed by atoms with Gasteiger partial charge in [-0.25, -0.2) is 4.98 Å². The summed E-state index contributed by atoms with van der Waals surface area (Å²) in [5.41, 5.74) is 6.98. The van der Waals surface area contributed by atoms with Crippen LogP contribution >= 0.6 is 0 Å². The number of nitrogens with zero attached hydrogens (tertiary/aromatic N) is 6. The van der Waals surface area contributed by atoms with Gasteiger partial charge >= 0.3 is 0 Å². The van der Waals surface area contributed by atoms with Crippen LogP contribution in [-0.2, 0) is 13.0 Å². The number of fused-ring (bicyclic) bond motifs is 1. The molecular formula is C21H19FN6. The van der Waals surface area contributed by atoms with E-state index in [9.17, 15) is 4.39 Å². The first-order valence-corrected chi connectivity index (χ1v) is 9.07. The molecule has 6 nitrogen and oxygen atoms in total. The first kappa shape index (κ1) is 18.0. The Kier molecular flexibility index (Phi) is 4.47. The van der Waals surface area contributed by atoms with Crippen molar-refractivity contribution in [1.29, 1.82) is 5.26 Å². The average Bonchev–Trinajstić information content (AvgIpc) is 2.69. The molecule has 140 valence electrons. The number of pyridine rings is 2. The van der Waals surface area contributed by atoms with Gasteiger partial charge in [0.2, 0.25) is 5.95 Å². The Balaban J connectivity index is 1.69. The highest BCUT2D eigenvalue weighted by Crippen LogP contribution is 2.30. The van der Waals surface area contributed by atoms with Gasteiger partial charge in [-0.1, -0.05) is 0 Å². The molecule has 0 aromatic carbocycles. The van der Waals surface area contributed by atoms with E-state index >= 15 is 0 Å². The molecule has 0 saturated carbocycles. The van der Waals surface area contributed by atoms with E-state index in [0.717, 1.165) is 57.9 Å². The zero-order valence-corrected chi connectivity index (χ0v) is 16.0. The fraction of sp³-hybridized carbons (Fsp3) is 0.286. The third-order valence-electron chi connectivity index (χ3n) is 5.33. The molecule has 4 heterocycles. The van der Waals surface area contributed by atoms with Crippen molar-refractivity contribution in [3.05, 3.63) is 64.1 Å². The van der Waals surface area contributed by atoms with Gasteiger partial charge in [0.05, 0.1) is 0 Å². The van der Waals surface area contributed by atoms with Crippen molar-refractivity contribution >= 4 is 5.82 Å². The number of rotatable bonds is 2. The summed E-state index contributed by atoms with van der Waals surface area (Å²) in [5, 5.41) is 17.5. The van der Waals surface area contributed by atoms with E-state index in [-0.39, 0.29) is 0 Å². The quantitative estimate of drug-likeness (QED) is 0.640. The normalized spacial score (nSPS) is 13.2. The zero-order chi connectivity index (χ0) is 19.8. The lowest BCUT2D eigenvalue weighted by Gasteiger charge is -2.30. The van der Waals surface area contributed by atoms with Crippen LogP contribution in [0.3, 0.4) is 0 Å². The summed E-state index contributed by atoms with van der Waals surface area (Å²) in [6.07, 6.45) is 4.18. The molecule has 0 N–H and O–H groups in total. The Morgan fingerprint density at radius 3 is 2.64 bits per heavy atom. The fourth-order valence-electron chi connectivity index (χ4n) is 3.58. The van der Waals surface area contributed by atoms with Crippen LogP contribution < -0.4 is 4.90 Å². The van der Waals surface area contributed by atoms with Gasteiger partial charge < -0.3 is 4.90 Å². The molecule has 3 aromatic rings. The van der Waals surface area contributed by atoms with Crippen LogP contribution in [0, 0.1) is 38.1 Å². The second kappa shape index (κ2) is 6.97. The molecule has 0 amide bonds. The van der Waals surface area contributed by atoms with Crippen molar-refractivity contribution in [3.8, 4) is 17.2 Å². The predicted octanol–water partition coefficient (Wildman–Crippen LogP) is 3.43. The molecule has 0 bridgehead atoms. The number of anilines is 1. The maximum Gasteiger partial charge on any atom is 0.213 e. The highest BCUT2D eigenvalue weighted by molar-refractivity contribution is 5.66. The molecule has 0 aliphatic carbocycles. The minimum atomic E-state index is -0.483. The highest BCUT2D eigenvalue weighted by atomic mass is 19.1. The Labute approximate surface area is 162 Å². The van der Waals surface area contributed by atoms with Gasteiger partial charge in [0.15, 0.2) is 11.5 Å². The molecule has 1 aliphatic rings. The smallest absolute Gasteiger partial charge is 0.213 e. The maximum absolute atomic E-state index is 13.3. The molecule has 1 aliphatic heterocycles. The summed E-state index contributed by atoms with van der Waals surface area (Å²) in [5.74, 6) is 0.316. The van der Waals surface area contributed by atoms with Crippen molar-refractivity contribution in [3.63, 3.8) is 0 Å². The number of hydrogen-bond donors (Lipinski definition) is 0. The molecule has 0 radical (unpaired) electrons. The van der Waals surface area contributed by atoms with E-state index < -0.39 is 5.95 Å². The van der Waals surface area contributed by atoms with E-state index in [1.165, 1.54) is 6.07 Å². The molecular weight excluding hydrogens is 355 g/mol. The summed E-state index contributed by atoms with van der Waals surface area (Å²) >= 11 is 0. The zero-order valence-electron chi connectivity index (χ0n) is 16.0. The van der Waals surface area contributed by atoms with Crippen molar-refractivity contribution in [2.75, 3.05) is 11.4 Å². The van der Waals surface area contributed by atoms with Crippen molar-refractivity contribution in [2.24, 2.45) is 0 Å². The molecule has 4 rings (SSSR count). The van der Waals surface area contributed by atoms with Gasteiger partial charge in [0.25, 0.3) is 0 Å². The van der Waals surface area contributed by atoms with Crippen LogP contribution in [-0.4, -0.2) is 26.7 Å². The van der Waals surface area contributed by atoms with Gasteiger partial charge in [0, 0.05) is 48.7 Å². The summed E-state index contributed by atoms with van der Waals surface area (Å²) < 4.78 is 13.3. The minimum absolute atomic E-state index is 0.363. The van der Waals surface area contributed by atoms with Gasteiger partial charge in [0.1, 0.15) is 6.07 Å². The molecule has 0 spiro atoms. The number of aryl methyl sites for hydroxylation is 1. The summed E-state index contributed by atoms with van der Waals surface area (Å²) in [6.45, 7) is 7.18. The van der Waals surface area contributed by atoms with Crippen LogP contribution in [0.1, 0.15) is 33.6 Å². The molecule has 0 fully saturated rings. The summed E-state index contributed by atoms with van der Waals surface area (Å²) in [6, 6.07) is 5.61. The summed E-state index contributed by atoms with van der Waals surface area (Å²) in [4.78, 5) is 10.6.